The van der Waals surface area contributed by atoms with E-state index in [-0.39, 0.29) is 28.9 Å². The zero-order chi connectivity index (χ0) is 29.0. The Morgan fingerprint density at radius 2 is 1.73 bits per heavy atom. The van der Waals surface area contributed by atoms with Crippen LogP contribution in [0.3, 0.4) is 0 Å². The molecule has 0 spiro atoms. The van der Waals surface area contributed by atoms with Crippen LogP contribution in [0.2, 0.25) is 0 Å². The lowest BCUT2D eigenvalue weighted by molar-refractivity contribution is -0.147. The molecule has 3 aromatic heterocycles. The maximum Gasteiger partial charge on any atom is 0.389 e. The van der Waals surface area contributed by atoms with Gasteiger partial charge < -0.3 is 14.2 Å². The Labute approximate surface area is 228 Å². The fourth-order valence-electron chi connectivity index (χ4n) is 4.34. The van der Waals surface area contributed by atoms with Gasteiger partial charge in [0.1, 0.15) is 22.7 Å². The summed E-state index contributed by atoms with van der Waals surface area (Å²) in [6, 6.07) is 6.92. The van der Waals surface area contributed by atoms with E-state index >= 15 is 0 Å². The first kappa shape index (κ1) is 28.7. The second kappa shape index (κ2) is 11.8. The fraction of sp³-hybridized carbons (Fsp3) is 0.357. The highest BCUT2D eigenvalue weighted by Gasteiger charge is 2.30. The molecule has 4 rings (SSSR count). The van der Waals surface area contributed by atoms with Crippen molar-refractivity contribution >= 4 is 17.4 Å². The summed E-state index contributed by atoms with van der Waals surface area (Å²) < 4.78 is 57.4. The number of halogens is 3. The summed E-state index contributed by atoms with van der Waals surface area (Å²) in [5.74, 6) is -1.13. The fourth-order valence-corrected chi connectivity index (χ4v) is 4.34. The van der Waals surface area contributed by atoms with Gasteiger partial charge in [0.15, 0.2) is 5.78 Å². The number of rotatable bonds is 11. The molecule has 1 unspecified atom stereocenters. The number of alkyl halides is 3. The highest BCUT2D eigenvalue weighted by atomic mass is 19.4. The van der Waals surface area contributed by atoms with Crippen LogP contribution in [0.1, 0.15) is 37.0 Å². The average Bonchev–Trinajstić information content (AvgIpc) is 3.57. The minimum Gasteiger partial charge on any atom is -0.496 e. The number of ether oxygens (including phenoxy) is 3. The summed E-state index contributed by atoms with van der Waals surface area (Å²) in [5, 5.41) is 4.36. The Bertz CT molecular complexity index is 1500. The predicted octanol–water partition coefficient (Wildman–Crippen LogP) is 5.61. The van der Waals surface area contributed by atoms with E-state index in [0.717, 1.165) is 11.1 Å². The largest absolute Gasteiger partial charge is 0.496 e. The third-order valence-electron chi connectivity index (χ3n) is 6.35. The number of carbonyl (C=O) groups excluding carboxylic acids is 2. The predicted molar refractivity (Wildman–Crippen MR) is 140 cm³/mol. The molecule has 40 heavy (non-hydrogen) atoms. The Kier molecular flexibility index (Phi) is 8.46. The number of pyridine rings is 1. The van der Waals surface area contributed by atoms with Crippen molar-refractivity contribution in [3.63, 3.8) is 0 Å². The van der Waals surface area contributed by atoms with Gasteiger partial charge in [-0.05, 0) is 36.8 Å². The van der Waals surface area contributed by atoms with Gasteiger partial charge in [-0.1, -0.05) is 6.92 Å². The SMILES string of the molecule is CCOC(=O)C(C)Cn1cc(-c2ccn3c(-c4cc(OC)c(C(=O)CCC(F)(F)F)c(OC)c4)cnc3c2)cn1. The molecule has 0 aliphatic heterocycles. The molecule has 0 aliphatic rings. The standard InChI is InChI=1S/C28H29F3N4O5/c1-5-40-27(37)17(2)15-34-16-20(13-33-34)18-7-9-35-21(14-32-25(35)12-18)19-10-23(38-3)26(24(11-19)39-4)22(36)6-8-28(29,30)31/h7,9-14,16-17H,5-6,8,15H2,1-4H3. The topological polar surface area (TPSA) is 97.0 Å². The van der Waals surface area contributed by atoms with Crippen molar-refractivity contribution in [2.75, 3.05) is 20.8 Å². The van der Waals surface area contributed by atoms with Crippen molar-refractivity contribution in [3.8, 4) is 33.9 Å². The number of Topliss-reactive ketones (excluding diaryl/α,β-unsaturated/α-hetero) is 1. The van der Waals surface area contributed by atoms with Crippen molar-refractivity contribution in [1.29, 1.82) is 0 Å². The Morgan fingerprint density at radius 1 is 1.02 bits per heavy atom. The summed E-state index contributed by atoms with van der Waals surface area (Å²) >= 11 is 0. The highest BCUT2D eigenvalue weighted by Crippen LogP contribution is 2.37. The molecule has 9 nitrogen and oxygen atoms in total. The van der Waals surface area contributed by atoms with E-state index < -0.39 is 24.8 Å². The lowest BCUT2D eigenvalue weighted by Crippen LogP contribution is -2.20. The maximum absolute atomic E-state index is 12.7. The van der Waals surface area contributed by atoms with Gasteiger partial charge in [0.05, 0.1) is 57.8 Å². The van der Waals surface area contributed by atoms with Gasteiger partial charge in [-0.15, -0.1) is 0 Å². The molecular formula is C28H29F3N4O5. The minimum absolute atomic E-state index is 0.0385. The smallest absolute Gasteiger partial charge is 0.389 e. The molecule has 0 bridgehead atoms. The summed E-state index contributed by atoms with van der Waals surface area (Å²) in [4.78, 5) is 29.1. The van der Waals surface area contributed by atoms with Crippen LogP contribution >= 0.6 is 0 Å². The van der Waals surface area contributed by atoms with Crippen LogP contribution in [-0.2, 0) is 16.1 Å². The number of aromatic nitrogens is 4. The van der Waals surface area contributed by atoms with Crippen molar-refractivity contribution in [1.82, 2.24) is 19.2 Å². The zero-order valence-corrected chi connectivity index (χ0v) is 22.5. The lowest BCUT2D eigenvalue weighted by atomic mass is 10.0. The average molecular weight is 559 g/mol. The zero-order valence-electron chi connectivity index (χ0n) is 22.5. The maximum atomic E-state index is 12.7. The van der Waals surface area contributed by atoms with E-state index in [1.165, 1.54) is 14.2 Å². The number of hydrogen-bond acceptors (Lipinski definition) is 7. The number of carbonyl (C=O) groups is 2. The number of methoxy groups -OCH3 is 2. The minimum atomic E-state index is -4.45. The van der Waals surface area contributed by atoms with Gasteiger partial charge in [0.25, 0.3) is 0 Å². The molecule has 212 valence electrons. The summed E-state index contributed by atoms with van der Waals surface area (Å²) in [5.41, 5.74) is 3.55. The second-order valence-electron chi connectivity index (χ2n) is 9.19. The molecule has 0 fully saturated rings. The highest BCUT2D eigenvalue weighted by molar-refractivity contribution is 6.02. The van der Waals surface area contributed by atoms with Crippen molar-refractivity contribution in [3.05, 3.63) is 54.6 Å². The monoisotopic (exact) mass is 558 g/mol. The lowest BCUT2D eigenvalue weighted by Gasteiger charge is -2.15. The quantitative estimate of drug-likeness (QED) is 0.174. The second-order valence-corrected chi connectivity index (χ2v) is 9.19. The van der Waals surface area contributed by atoms with Crippen molar-refractivity contribution in [2.24, 2.45) is 5.92 Å². The molecular weight excluding hydrogens is 529 g/mol. The van der Waals surface area contributed by atoms with Crippen molar-refractivity contribution < 1.29 is 37.0 Å². The Hall–Kier alpha value is -4.35. The van der Waals surface area contributed by atoms with Crippen LogP contribution in [0, 0.1) is 5.92 Å². The van der Waals surface area contributed by atoms with E-state index in [9.17, 15) is 22.8 Å². The van der Waals surface area contributed by atoms with Gasteiger partial charge in [0.2, 0.25) is 0 Å². The molecule has 12 heteroatoms. The van der Waals surface area contributed by atoms with E-state index in [2.05, 4.69) is 10.1 Å². The molecule has 1 aromatic carbocycles. The molecule has 3 heterocycles. The van der Waals surface area contributed by atoms with Crippen LogP contribution < -0.4 is 9.47 Å². The normalized spacial score (nSPS) is 12.4. The number of esters is 1. The Morgan fingerprint density at radius 3 is 2.35 bits per heavy atom. The van der Waals surface area contributed by atoms with E-state index in [4.69, 9.17) is 14.2 Å². The van der Waals surface area contributed by atoms with E-state index in [1.807, 2.05) is 28.9 Å². The van der Waals surface area contributed by atoms with Crippen LogP contribution in [-0.4, -0.2) is 57.9 Å². The van der Waals surface area contributed by atoms with Gasteiger partial charge in [-0.25, -0.2) is 4.98 Å². The van der Waals surface area contributed by atoms with Crippen LogP contribution in [0.15, 0.2) is 49.1 Å². The summed E-state index contributed by atoms with van der Waals surface area (Å²) in [6.07, 6.45) is 0.611. The first-order valence-corrected chi connectivity index (χ1v) is 12.6. The summed E-state index contributed by atoms with van der Waals surface area (Å²) in [6.45, 7) is 4.25. The van der Waals surface area contributed by atoms with Gasteiger partial charge >= 0.3 is 12.1 Å². The van der Waals surface area contributed by atoms with E-state index in [1.54, 1.807) is 43.1 Å². The van der Waals surface area contributed by atoms with Crippen LogP contribution in [0.4, 0.5) is 13.2 Å². The number of ketones is 1. The summed E-state index contributed by atoms with van der Waals surface area (Å²) in [7, 11) is 2.68. The van der Waals surface area contributed by atoms with Gasteiger partial charge in [0, 0.05) is 29.9 Å². The molecule has 0 radical (unpaired) electrons. The first-order valence-electron chi connectivity index (χ1n) is 12.6. The molecule has 0 N–H and O–H groups in total. The molecule has 0 saturated heterocycles. The van der Waals surface area contributed by atoms with Crippen LogP contribution in [0.5, 0.6) is 11.5 Å². The number of imidazole rings is 1. The molecule has 0 aliphatic carbocycles. The third-order valence-corrected chi connectivity index (χ3v) is 6.35. The number of benzene rings is 1. The van der Waals surface area contributed by atoms with E-state index in [0.29, 0.717) is 30.1 Å². The van der Waals surface area contributed by atoms with Gasteiger partial charge in [-0.3, -0.25) is 18.7 Å². The number of fused-ring (bicyclic) bond motifs is 1. The van der Waals surface area contributed by atoms with Crippen LogP contribution in [0.25, 0.3) is 28.0 Å². The molecule has 0 saturated carbocycles. The molecule has 4 aromatic rings. The van der Waals surface area contributed by atoms with Gasteiger partial charge in [-0.2, -0.15) is 18.3 Å². The molecule has 0 amide bonds. The molecule has 1 atom stereocenters. The Balaban J connectivity index is 1.62. The van der Waals surface area contributed by atoms with Crippen molar-refractivity contribution in [2.45, 2.75) is 39.4 Å². The first-order chi connectivity index (χ1) is 19.0. The number of hydrogen-bond donors (Lipinski definition) is 0. The number of nitrogens with zero attached hydrogens (tertiary/aromatic N) is 4. The third kappa shape index (κ3) is 6.27.